The van der Waals surface area contributed by atoms with Gasteiger partial charge in [-0.25, -0.2) is 18.7 Å². The van der Waals surface area contributed by atoms with Gasteiger partial charge < -0.3 is 8.98 Å². The van der Waals surface area contributed by atoms with Gasteiger partial charge in [0.1, 0.15) is 17.0 Å². The third kappa shape index (κ3) is 3.55. The smallest absolute Gasteiger partial charge is 0.169 e. The lowest BCUT2D eigenvalue weighted by molar-refractivity contribution is 0.510. The lowest BCUT2D eigenvalue weighted by Crippen LogP contribution is -2.00. The average Bonchev–Trinajstić information content (AvgIpc) is 3.45. The van der Waals surface area contributed by atoms with E-state index in [1.54, 1.807) is 0 Å². The predicted molar refractivity (Wildman–Crippen MR) is 123 cm³/mol. The Morgan fingerprint density at radius 3 is 2.48 bits per heavy atom. The van der Waals surface area contributed by atoms with Crippen LogP contribution in [0.5, 0.6) is 0 Å². The fraction of sp³-hybridized carbons (Fsp3) is 0.0370. The van der Waals surface area contributed by atoms with Crippen molar-refractivity contribution in [3.05, 3.63) is 108 Å². The van der Waals surface area contributed by atoms with Crippen LogP contribution in [0.3, 0.4) is 0 Å². The number of aromatic nitrogens is 3. The molecule has 3 heterocycles. The maximum absolute atomic E-state index is 14.1. The van der Waals surface area contributed by atoms with Gasteiger partial charge in [0, 0.05) is 29.9 Å². The molecular formula is C27H17F2N3O. The molecule has 0 atom stereocenters. The van der Waals surface area contributed by atoms with Crippen molar-refractivity contribution in [2.75, 3.05) is 0 Å². The highest BCUT2D eigenvalue weighted by atomic mass is 19.2. The van der Waals surface area contributed by atoms with Crippen LogP contribution >= 0.6 is 0 Å². The Kier molecular flexibility index (Phi) is 4.50. The number of furan rings is 1. The minimum Gasteiger partial charge on any atom is -0.456 e. The summed E-state index contributed by atoms with van der Waals surface area (Å²) in [5.41, 5.74) is 4.29. The minimum atomic E-state index is -0.940. The molecule has 0 saturated heterocycles. The number of para-hydroxylation sites is 1. The van der Waals surface area contributed by atoms with E-state index in [9.17, 15) is 8.78 Å². The Labute approximate surface area is 188 Å². The van der Waals surface area contributed by atoms with E-state index in [-0.39, 0.29) is 11.4 Å². The molecule has 0 saturated carbocycles. The standard InChI is InChI=1S/C27H17F2N3O/c28-21-6-3-5-20(26(21)29)27-30-22-12-13-32(16-23(22)31-27)15-17-8-10-18(11-9-17)25-14-19-4-1-2-7-24(19)33-25/h1-14,16H,15H2. The zero-order valence-electron chi connectivity index (χ0n) is 17.4. The van der Waals surface area contributed by atoms with Gasteiger partial charge in [-0.15, -0.1) is 0 Å². The Morgan fingerprint density at radius 1 is 0.818 bits per heavy atom. The van der Waals surface area contributed by atoms with Crippen molar-refractivity contribution in [2.24, 2.45) is 0 Å². The van der Waals surface area contributed by atoms with Crippen LogP contribution < -0.4 is 0 Å². The Balaban J connectivity index is 1.25. The first-order chi connectivity index (χ1) is 16.1. The summed E-state index contributed by atoms with van der Waals surface area (Å²) < 4.78 is 35.6. The highest BCUT2D eigenvalue weighted by molar-refractivity contribution is 5.82. The number of imidazole rings is 1. The molecule has 0 fully saturated rings. The molecule has 0 N–H and O–H groups in total. The molecular weight excluding hydrogens is 420 g/mol. The lowest BCUT2D eigenvalue weighted by Gasteiger charge is -2.08. The molecule has 6 rings (SSSR count). The Hall–Kier alpha value is -4.32. The quantitative estimate of drug-likeness (QED) is 0.305. The van der Waals surface area contributed by atoms with Crippen LogP contribution in [-0.2, 0) is 6.54 Å². The van der Waals surface area contributed by atoms with Crippen molar-refractivity contribution in [1.82, 2.24) is 14.5 Å². The summed E-state index contributed by atoms with van der Waals surface area (Å²) >= 11 is 0. The molecule has 6 heteroatoms. The van der Waals surface area contributed by atoms with E-state index in [4.69, 9.17) is 4.42 Å². The summed E-state index contributed by atoms with van der Waals surface area (Å²) in [6, 6.07) is 24.0. The van der Waals surface area contributed by atoms with E-state index >= 15 is 0 Å². The summed E-state index contributed by atoms with van der Waals surface area (Å²) in [5, 5.41) is 1.08. The van der Waals surface area contributed by atoms with E-state index in [0.29, 0.717) is 17.9 Å². The van der Waals surface area contributed by atoms with E-state index in [0.717, 1.165) is 33.9 Å². The van der Waals surface area contributed by atoms with E-state index in [2.05, 4.69) is 22.1 Å². The number of halogens is 2. The molecule has 0 spiro atoms. The zero-order chi connectivity index (χ0) is 22.4. The lowest BCUT2D eigenvalue weighted by atomic mass is 10.1. The van der Waals surface area contributed by atoms with E-state index < -0.39 is 11.6 Å². The zero-order valence-corrected chi connectivity index (χ0v) is 17.4. The maximum atomic E-state index is 14.1. The van der Waals surface area contributed by atoms with Gasteiger partial charge in [0.25, 0.3) is 0 Å². The molecule has 0 unspecified atom stereocenters. The first-order valence-electron chi connectivity index (χ1n) is 10.5. The second kappa shape index (κ2) is 7.67. The topological polar surface area (TPSA) is 43.9 Å². The van der Waals surface area contributed by atoms with E-state index in [1.807, 2.05) is 65.5 Å². The number of rotatable bonds is 4. The minimum absolute atomic E-state index is 0.0546. The molecule has 160 valence electrons. The number of fused-ring (bicyclic) bond motifs is 2. The Bertz CT molecular complexity index is 1530. The van der Waals surface area contributed by atoms with Gasteiger partial charge in [-0.3, -0.25) is 0 Å². The molecule has 0 aliphatic carbocycles. The number of nitrogens with zero attached hydrogens (tertiary/aromatic N) is 3. The van der Waals surface area contributed by atoms with Crippen LogP contribution in [0.2, 0.25) is 0 Å². The molecule has 1 aromatic heterocycles. The van der Waals surface area contributed by atoms with Gasteiger partial charge in [0.2, 0.25) is 0 Å². The van der Waals surface area contributed by atoms with Gasteiger partial charge in [-0.1, -0.05) is 48.5 Å². The predicted octanol–water partition coefficient (Wildman–Crippen LogP) is 6.79. The highest BCUT2D eigenvalue weighted by Gasteiger charge is 2.17. The summed E-state index contributed by atoms with van der Waals surface area (Å²) in [6.45, 7) is 0.632. The maximum Gasteiger partial charge on any atom is 0.169 e. The molecule has 3 aromatic carbocycles. The summed E-state index contributed by atoms with van der Waals surface area (Å²) in [4.78, 5) is 8.77. The van der Waals surface area contributed by atoms with Gasteiger partial charge in [0.05, 0.1) is 11.3 Å². The number of pyridine rings is 1. The van der Waals surface area contributed by atoms with Crippen molar-refractivity contribution in [3.63, 3.8) is 0 Å². The third-order valence-corrected chi connectivity index (χ3v) is 5.65. The van der Waals surface area contributed by atoms with Crippen LogP contribution in [0.15, 0.2) is 95.7 Å². The molecule has 0 bridgehead atoms. The van der Waals surface area contributed by atoms with Crippen molar-refractivity contribution in [3.8, 4) is 34.1 Å². The molecule has 4 nitrogen and oxygen atoms in total. The fourth-order valence-corrected chi connectivity index (χ4v) is 3.96. The second-order valence-corrected chi connectivity index (χ2v) is 7.88. The Morgan fingerprint density at radius 2 is 1.64 bits per heavy atom. The SMILES string of the molecule is Fc1cccc(-c2nc3ccn(Cc4ccc(-c5cc6ccccc6o5)cc4)cc-3n2)c1F. The number of hydrogen-bond acceptors (Lipinski definition) is 3. The van der Waals surface area contributed by atoms with E-state index in [1.165, 1.54) is 12.1 Å². The van der Waals surface area contributed by atoms with Gasteiger partial charge >= 0.3 is 0 Å². The van der Waals surface area contributed by atoms with Crippen molar-refractivity contribution in [2.45, 2.75) is 6.54 Å². The number of hydrogen-bond donors (Lipinski definition) is 0. The van der Waals surface area contributed by atoms with Crippen LogP contribution in [0.4, 0.5) is 8.78 Å². The number of benzene rings is 3. The first kappa shape index (κ1) is 19.4. The van der Waals surface area contributed by atoms with Crippen LogP contribution in [0, 0.1) is 11.6 Å². The summed E-state index contributed by atoms with van der Waals surface area (Å²) in [5.74, 6) is -0.844. The molecule has 33 heavy (non-hydrogen) atoms. The first-order valence-corrected chi connectivity index (χ1v) is 10.5. The fourth-order valence-electron chi connectivity index (χ4n) is 3.96. The van der Waals surface area contributed by atoms with Gasteiger partial charge in [0.15, 0.2) is 17.5 Å². The molecule has 0 amide bonds. The van der Waals surface area contributed by atoms with Crippen LogP contribution in [-0.4, -0.2) is 14.5 Å². The summed E-state index contributed by atoms with van der Waals surface area (Å²) in [7, 11) is 0. The normalized spacial score (nSPS) is 11.5. The second-order valence-electron chi connectivity index (χ2n) is 7.88. The van der Waals surface area contributed by atoms with Gasteiger partial charge in [-0.05, 0) is 35.9 Å². The average molecular weight is 437 g/mol. The molecule has 4 aromatic rings. The van der Waals surface area contributed by atoms with Crippen molar-refractivity contribution >= 4 is 11.0 Å². The van der Waals surface area contributed by atoms with Crippen LogP contribution in [0.25, 0.3) is 45.1 Å². The third-order valence-electron chi connectivity index (χ3n) is 5.65. The summed E-state index contributed by atoms with van der Waals surface area (Å²) in [6.07, 6.45) is 3.76. The van der Waals surface area contributed by atoms with Crippen molar-refractivity contribution < 1.29 is 13.2 Å². The largest absolute Gasteiger partial charge is 0.456 e. The monoisotopic (exact) mass is 437 g/mol. The van der Waals surface area contributed by atoms with Crippen LogP contribution in [0.1, 0.15) is 5.56 Å². The molecule has 2 aliphatic rings. The molecule has 2 aliphatic heterocycles. The van der Waals surface area contributed by atoms with Crippen molar-refractivity contribution in [1.29, 1.82) is 0 Å². The highest BCUT2D eigenvalue weighted by Crippen LogP contribution is 2.29. The molecule has 0 radical (unpaired) electrons. The van der Waals surface area contributed by atoms with Gasteiger partial charge in [-0.2, -0.15) is 0 Å².